The summed E-state index contributed by atoms with van der Waals surface area (Å²) < 4.78 is 1.67. The molecule has 0 bridgehead atoms. The van der Waals surface area contributed by atoms with Crippen LogP contribution in [-0.2, 0) is 0 Å². The van der Waals surface area contributed by atoms with Crippen LogP contribution in [0.25, 0.3) is 5.78 Å². The molecule has 4 rings (SSSR count). The Balaban J connectivity index is 1.62. The van der Waals surface area contributed by atoms with Crippen LogP contribution in [0.15, 0.2) is 6.07 Å². The minimum atomic E-state index is -0.0481. The standard InChI is InChI=1S/C18H26N6O/c1-4-22-9-5-7-14(22)15-8-6-10-23(15)17(25)16-20-18-19-12(2)11-13(3)24(18)21-16/h11,14-15H,4-10H2,1-3H3/t14-,15+/m1/s1. The molecule has 2 aliphatic heterocycles. The molecule has 0 aliphatic carbocycles. The van der Waals surface area contributed by atoms with E-state index in [4.69, 9.17) is 0 Å². The van der Waals surface area contributed by atoms with Crippen molar-refractivity contribution >= 4 is 11.7 Å². The summed E-state index contributed by atoms with van der Waals surface area (Å²) in [7, 11) is 0. The number of carbonyl (C=O) groups is 1. The average molecular weight is 342 g/mol. The first-order chi connectivity index (χ1) is 12.1. The first-order valence-corrected chi connectivity index (χ1v) is 9.34. The maximum Gasteiger partial charge on any atom is 0.293 e. The Morgan fingerprint density at radius 1 is 1.16 bits per heavy atom. The highest BCUT2D eigenvalue weighted by Gasteiger charge is 2.40. The van der Waals surface area contributed by atoms with Crippen LogP contribution in [0.3, 0.4) is 0 Å². The van der Waals surface area contributed by atoms with Gasteiger partial charge in [-0.3, -0.25) is 9.69 Å². The number of likely N-dealkylation sites (N-methyl/N-ethyl adjacent to an activating group) is 1. The van der Waals surface area contributed by atoms with Gasteiger partial charge in [0, 0.05) is 30.0 Å². The number of hydrogen-bond acceptors (Lipinski definition) is 5. The third-order valence-electron chi connectivity index (χ3n) is 5.63. The van der Waals surface area contributed by atoms with Crippen LogP contribution in [0.2, 0.25) is 0 Å². The third-order valence-corrected chi connectivity index (χ3v) is 5.63. The van der Waals surface area contributed by atoms with Gasteiger partial charge in [-0.25, -0.2) is 9.50 Å². The normalized spacial score (nSPS) is 24.5. The summed E-state index contributed by atoms with van der Waals surface area (Å²) in [5.74, 6) is 0.731. The van der Waals surface area contributed by atoms with E-state index in [9.17, 15) is 4.79 Å². The Kier molecular flexibility index (Phi) is 4.19. The number of nitrogens with zero attached hydrogens (tertiary/aromatic N) is 6. The first kappa shape index (κ1) is 16.4. The van der Waals surface area contributed by atoms with E-state index in [1.807, 2.05) is 24.8 Å². The molecule has 1 amide bonds. The summed E-state index contributed by atoms with van der Waals surface area (Å²) in [4.78, 5) is 26.5. The van der Waals surface area contributed by atoms with Crippen LogP contribution >= 0.6 is 0 Å². The van der Waals surface area contributed by atoms with Crippen molar-refractivity contribution in [1.82, 2.24) is 29.4 Å². The van der Waals surface area contributed by atoms with E-state index in [1.165, 1.54) is 12.8 Å². The molecule has 4 heterocycles. The summed E-state index contributed by atoms with van der Waals surface area (Å²) in [6.07, 6.45) is 4.55. The molecule has 2 saturated heterocycles. The van der Waals surface area contributed by atoms with Gasteiger partial charge in [-0.05, 0) is 58.7 Å². The fraction of sp³-hybridized carbons (Fsp3) is 0.667. The van der Waals surface area contributed by atoms with Crippen molar-refractivity contribution in [2.24, 2.45) is 0 Å². The SMILES string of the molecule is CCN1CCC[C@@H]1[C@@H]1CCCN1C(=O)c1nc2nc(C)cc(C)n2n1. The van der Waals surface area contributed by atoms with Crippen LogP contribution in [0.1, 0.15) is 54.6 Å². The zero-order valence-electron chi connectivity index (χ0n) is 15.3. The number of carbonyl (C=O) groups excluding carboxylic acids is 1. The number of hydrogen-bond donors (Lipinski definition) is 0. The molecular formula is C18H26N6O. The molecule has 0 aromatic carbocycles. The lowest BCUT2D eigenvalue weighted by Gasteiger charge is -2.34. The van der Waals surface area contributed by atoms with Crippen LogP contribution in [0, 0.1) is 13.8 Å². The highest BCUT2D eigenvalue weighted by atomic mass is 16.2. The van der Waals surface area contributed by atoms with Crippen molar-refractivity contribution < 1.29 is 4.79 Å². The molecule has 7 nitrogen and oxygen atoms in total. The number of fused-ring (bicyclic) bond motifs is 1. The highest BCUT2D eigenvalue weighted by Crippen LogP contribution is 2.30. The quantitative estimate of drug-likeness (QED) is 0.851. The second-order valence-corrected chi connectivity index (χ2v) is 7.23. The Bertz CT molecular complexity index is 800. The fourth-order valence-electron chi connectivity index (χ4n) is 4.51. The zero-order chi connectivity index (χ0) is 17.6. The van der Waals surface area contributed by atoms with Gasteiger partial charge in [-0.2, -0.15) is 4.98 Å². The zero-order valence-corrected chi connectivity index (χ0v) is 15.3. The summed E-state index contributed by atoms with van der Waals surface area (Å²) in [5, 5.41) is 4.44. The third kappa shape index (κ3) is 2.80. The van der Waals surface area contributed by atoms with Gasteiger partial charge in [-0.15, -0.1) is 5.10 Å². The number of likely N-dealkylation sites (tertiary alicyclic amines) is 2. The van der Waals surface area contributed by atoms with Gasteiger partial charge in [0.15, 0.2) is 0 Å². The molecule has 2 aromatic rings. The molecule has 2 atom stereocenters. The number of rotatable bonds is 3. The molecule has 0 unspecified atom stereocenters. The molecule has 2 aromatic heterocycles. The van der Waals surface area contributed by atoms with Gasteiger partial charge in [0.05, 0.1) is 0 Å². The second kappa shape index (κ2) is 6.37. The predicted octanol–water partition coefficient (Wildman–Crippen LogP) is 1.83. The van der Waals surface area contributed by atoms with E-state index < -0.39 is 0 Å². The topological polar surface area (TPSA) is 66.6 Å². The number of aryl methyl sites for hydroxylation is 2. The van der Waals surface area contributed by atoms with E-state index in [-0.39, 0.29) is 17.8 Å². The molecule has 25 heavy (non-hydrogen) atoms. The van der Waals surface area contributed by atoms with Crippen LogP contribution in [-0.4, -0.2) is 67.0 Å². The van der Waals surface area contributed by atoms with Crippen LogP contribution in [0.4, 0.5) is 0 Å². The smallest absolute Gasteiger partial charge is 0.293 e. The van der Waals surface area contributed by atoms with Crippen molar-refractivity contribution in [3.05, 3.63) is 23.3 Å². The summed E-state index contributed by atoms with van der Waals surface area (Å²) in [5.41, 5.74) is 1.83. The van der Waals surface area contributed by atoms with Gasteiger partial charge < -0.3 is 4.90 Å². The van der Waals surface area contributed by atoms with Gasteiger partial charge in [0.1, 0.15) is 0 Å². The lowest BCUT2D eigenvalue weighted by Crippen LogP contribution is -2.48. The Labute approximate surface area is 148 Å². The molecule has 2 fully saturated rings. The Hall–Kier alpha value is -2.02. The van der Waals surface area contributed by atoms with Gasteiger partial charge in [-0.1, -0.05) is 6.92 Å². The van der Waals surface area contributed by atoms with Gasteiger partial charge in [0.25, 0.3) is 11.7 Å². The Morgan fingerprint density at radius 3 is 2.72 bits per heavy atom. The number of aromatic nitrogens is 4. The summed E-state index contributed by atoms with van der Waals surface area (Å²) in [6.45, 7) is 9.10. The van der Waals surface area contributed by atoms with Gasteiger partial charge >= 0.3 is 0 Å². The largest absolute Gasteiger partial charge is 0.331 e. The highest BCUT2D eigenvalue weighted by molar-refractivity contribution is 5.91. The van der Waals surface area contributed by atoms with E-state index >= 15 is 0 Å². The second-order valence-electron chi connectivity index (χ2n) is 7.23. The summed E-state index contributed by atoms with van der Waals surface area (Å²) >= 11 is 0. The van der Waals surface area contributed by atoms with Crippen LogP contribution < -0.4 is 0 Å². The molecule has 0 spiro atoms. The monoisotopic (exact) mass is 342 g/mol. The lowest BCUT2D eigenvalue weighted by atomic mass is 10.0. The van der Waals surface area contributed by atoms with Crippen LogP contribution in [0.5, 0.6) is 0 Å². The van der Waals surface area contributed by atoms with Crippen molar-refractivity contribution in [2.75, 3.05) is 19.6 Å². The fourth-order valence-corrected chi connectivity index (χ4v) is 4.51. The molecule has 7 heteroatoms. The molecular weight excluding hydrogens is 316 g/mol. The van der Waals surface area contributed by atoms with Gasteiger partial charge in [0.2, 0.25) is 5.82 Å². The van der Waals surface area contributed by atoms with Crippen molar-refractivity contribution in [3.8, 4) is 0 Å². The first-order valence-electron chi connectivity index (χ1n) is 9.34. The minimum absolute atomic E-state index is 0.0481. The van der Waals surface area contributed by atoms with E-state index in [0.717, 1.165) is 43.9 Å². The molecule has 0 saturated carbocycles. The van der Waals surface area contributed by atoms with E-state index in [2.05, 4.69) is 26.9 Å². The van der Waals surface area contributed by atoms with Crippen molar-refractivity contribution in [2.45, 2.75) is 58.5 Å². The average Bonchev–Trinajstić information content (AvgIpc) is 3.31. The molecule has 2 aliphatic rings. The molecule has 0 radical (unpaired) electrons. The molecule has 134 valence electrons. The van der Waals surface area contributed by atoms with Crippen molar-refractivity contribution in [3.63, 3.8) is 0 Å². The minimum Gasteiger partial charge on any atom is -0.331 e. The Morgan fingerprint density at radius 2 is 1.92 bits per heavy atom. The summed E-state index contributed by atoms with van der Waals surface area (Å²) in [6, 6.07) is 2.72. The maximum absolute atomic E-state index is 13.1. The predicted molar refractivity (Wildman–Crippen MR) is 94.6 cm³/mol. The maximum atomic E-state index is 13.1. The number of amides is 1. The lowest BCUT2D eigenvalue weighted by molar-refractivity contribution is 0.0638. The van der Waals surface area contributed by atoms with E-state index in [1.54, 1.807) is 4.52 Å². The van der Waals surface area contributed by atoms with E-state index in [0.29, 0.717) is 11.8 Å². The molecule has 0 N–H and O–H groups in total. The van der Waals surface area contributed by atoms with Crippen molar-refractivity contribution in [1.29, 1.82) is 0 Å².